The summed E-state index contributed by atoms with van der Waals surface area (Å²) in [5.41, 5.74) is 4.02. The lowest BCUT2D eigenvalue weighted by Gasteiger charge is -2.55. The van der Waals surface area contributed by atoms with Gasteiger partial charge in [0.2, 0.25) is 11.8 Å². The van der Waals surface area contributed by atoms with Crippen LogP contribution in [0.5, 0.6) is 5.75 Å². The van der Waals surface area contributed by atoms with Crippen molar-refractivity contribution >= 4 is 29.0 Å². The van der Waals surface area contributed by atoms with Crippen LogP contribution in [0.3, 0.4) is 0 Å². The summed E-state index contributed by atoms with van der Waals surface area (Å²) >= 11 is 1.77. The Hall–Kier alpha value is -3.30. The lowest BCUT2D eigenvalue weighted by atomic mass is 9.51. The maximum Gasteiger partial charge on any atom is 0.246 e. The van der Waals surface area contributed by atoms with Crippen molar-refractivity contribution in [3.63, 3.8) is 0 Å². The number of aromatic nitrogens is 2. The van der Waals surface area contributed by atoms with E-state index in [4.69, 9.17) is 19.4 Å². The van der Waals surface area contributed by atoms with E-state index in [0.29, 0.717) is 12.5 Å². The number of rotatable bonds is 11. The van der Waals surface area contributed by atoms with Crippen LogP contribution >= 0.6 is 11.3 Å². The first kappa shape index (κ1) is 32.3. The summed E-state index contributed by atoms with van der Waals surface area (Å²) in [7, 11) is 3.27. The SMILES string of the molecule is COCC(=O)N[C@H]1CC[C@H](C(=O)N(CC23CCC(c4ccc(OC)c(C)c4)(CC2)CC3)c2cc(-c3cnc(C4CC4)s3)ccn2)CC1. The van der Waals surface area contributed by atoms with Crippen molar-refractivity contribution < 1.29 is 19.1 Å². The minimum absolute atomic E-state index is 0.0675. The third-order valence-electron chi connectivity index (χ3n) is 11.6. The molecule has 1 N–H and O–H groups in total. The van der Waals surface area contributed by atoms with Gasteiger partial charge in [-0.05, 0) is 130 Å². The maximum absolute atomic E-state index is 14.6. The number of amides is 2. The quantitative estimate of drug-likeness (QED) is 0.232. The summed E-state index contributed by atoms with van der Waals surface area (Å²) in [6.07, 6.45) is 16.2. The highest BCUT2D eigenvalue weighted by atomic mass is 32.1. The zero-order valence-corrected chi connectivity index (χ0v) is 28.9. The van der Waals surface area contributed by atoms with Gasteiger partial charge in [-0.15, -0.1) is 11.3 Å². The highest BCUT2D eigenvalue weighted by molar-refractivity contribution is 7.15. The van der Waals surface area contributed by atoms with Crippen molar-refractivity contribution in [3.8, 4) is 16.2 Å². The second kappa shape index (κ2) is 13.3. The number of aryl methyl sites for hydroxylation is 1. The predicted octanol–water partition coefficient (Wildman–Crippen LogP) is 7.35. The number of carbonyl (C=O) groups excluding carboxylic acids is 2. The fourth-order valence-corrected chi connectivity index (χ4v) is 9.60. The number of benzene rings is 1. The third kappa shape index (κ3) is 6.71. The molecule has 9 heteroatoms. The number of ether oxygens (including phenoxy) is 2. The molecule has 2 amide bonds. The van der Waals surface area contributed by atoms with E-state index in [1.807, 2.05) is 12.4 Å². The maximum atomic E-state index is 14.6. The summed E-state index contributed by atoms with van der Waals surface area (Å²) in [5.74, 6) is 2.34. The number of nitrogens with zero attached hydrogens (tertiary/aromatic N) is 3. The van der Waals surface area contributed by atoms with Crippen LogP contribution in [0.2, 0.25) is 0 Å². The first-order valence-electron chi connectivity index (χ1n) is 17.5. The number of fused-ring (bicyclic) bond motifs is 3. The zero-order valence-electron chi connectivity index (χ0n) is 28.1. The van der Waals surface area contributed by atoms with E-state index in [0.717, 1.165) is 86.2 Å². The van der Waals surface area contributed by atoms with Crippen molar-refractivity contribution in [2.24, 2.45) is 11.3 Å². The predicted molar refractivity (Wildman–Crippen MR) is 185 cm³/mol. The van der Waals surface area contributed by atoms with Crippen molar-refractivity contribution in [1.29, 1.82) is 0 Å². The standard InChI is InChI=1S/C38H48N4O4S/c1-25-20-29(8-11-31(25)46-3)38-16-13-37(14-17-38,15-18-38)24-42(36(44)27-6-9-30(10-7-27)41-34(43)23-45-2)33-21-28(12-19-39-33)32-22-40-35(47-32)26-4-5-26/h8,11-12,19-22,26-27,30H,4-7,9-10,13-18,23-24H2,1-3H3,(H,41,43)/t27-,30-,37?,38?. The van der Waals surface area contributed by atoms with Gasteiger partial charge in [0.15, 0.2) is 0 Å². The van der Waals surface area contributed by atoms with Crippen molar-refractivity contribution in [1.82, 2.24) is 15.3 Å². The lowest BCUT2D eigenvalue weighted by molar-refractivity contribution is -0.126. The Kier molecular flexibility index (Phi) is 9.13. The molecule has 0 saturated heterocycles. The van der Waals surface area contributed by atoms with Gasteiger partial charge in [0.25, 0.3) is 0 Å². The molecule has 3 aromatic rings. The van der Waals surface area contributed by atoms with Crippen LogP contribution in [-0.2, 0) is 19.7 Å². The van der Waals surface area contributed by atoms with Gasteiger partial charge in [-0.25, -0.2) is 9.97 Å². The first-order valence-corrected chi connectivity index (χ1v) is 18.3. The zero-order chi connectivity index (χ0) is 32.6. The third-order valence-corrected chi connectivity index (χ3v) is 12.9. The van der Waals surface area contributed by atoms with Crippen LogP contribution < -0.4 is 15.0 Å². The van der Waals surface area contributed by atoms with E-state index < -0.39 is 0 Å². The summed E-state index contributed by atoms with van der Waals surface area (Å²) in [6, 6.07) is 11.0. The Morgan fingerprint density at radius 1 is 0.957 bits per heavy atom. The Bertz CT molecular complexity index is 1580. The number of anilines is 1. The number of hydrogen-bond donors (Lipinski definition) is 1. The van der Waals surface area contributed by atoms with Crippen LogP contribution in [0.1, 0.15) is 99.1 Å². The molecular weight excluding hydrogens is 609 g/mol. The molecule has 0 aliphatic heterocycles. The van der Waals surface area contributed by atoms with Crippen molar-refractivity contribution in [2.45, 2.75) is 101 Å². The molecule has 5 aliphatic carbocycles. The van der Waals surface area contributed by atoms with E-state index in [1.165, 1.54) is 36.1 Å². The van der Waals surface area contributed by atoms with Gasteiger partial charge < -0.3 is 14.8 Å². The minimum atomic E-state index is -0.0904. The molecule has 0 spiro atoms. The Balaban J connectivity index is 1.11. The second-order valence-corrected chi connectivity index (χ2v) is 15.7. The molecule has 0 atom stereocenters. The van der Waals surface area contributed by atoms with Crippen molar-refractivity contribution in [2.75, 3.05) is 32.3 Å². The van der Waals surface area contributed by atoms with E-state index in [1.54, 1.807) is 18.4 Å². The largest absolute Gasteiger partial charge is 0.496 e. The molecule has 8 nitrogen and oxygen atoms in total. The van der Waals surface area contributed by atoms with Gasteiger partial charge >= 0.3 is 0 Å². The second-order valence-electron chi connectivity index (χ2n) is 14.7. The summed E-state index contributed by atoms with van der Waals surface area (Å²) in [5, 5.41) is 4.30. The van der Waals surface area contributed by atoms with Crippen LogP contribution in [0, 0.1) is 18.3 Å². The van der Waals surface area contributed by atoms with Gasteiger partial charge in [-0.2, -0.15) is 0 Å². The number of carbonyl (C=O) groups is 2. The molecule has 1 aromatic carbocycles. The molecule has 5 saturated carbocycles. The molecule has 0 radical (unpaired) electrons. The monoisotopic (exact) mass is 656 g/mol. The average molecular weight is 657 g/mol. The molecule has 5 aliphatic rings. The van der Waals surface area contributed by atoms with Crippen LogP contribution in [0.15, 0.2) is 42.7 Å². The first-order chi connectivity index (χ1) is 22.8. The molecule has 250 valence electrons. The van der Waals surface area contributed by atoms with Crippen LogP contribution in [0.25, 0.3) is 10.4 Å². The van der Waals surface area contributed by atoms with Gasteiger partial charge in [-0.1, -0.05) is 12.1 Å². The van der Waals surface area contributed by atoms with Crippen LogP contribution in [-0.4, -0.2) is 55.2 Å². The summed E-state index contributed by atoms with van der Waals surface area (Å²) in [6.45, 7) is 2.91. The molecular formula is C38H48N4O4S. The van der Waals surface area contributed by atoms with Gasteiger partial charge in [0.05, 0.1) is 17.0 Å². The van der Waals surface area contributed by atoms with Crippen molar-refractivity contribution in [3.05, 3.63) is 58.9 Å². The van der Waals surface area contributed by atoms with Gasteiger partial charge in [0, 0.05) is 43.9 Å². The topological polar surface area (TPSA) is 93.7 Å². The molecule has 2 heterocycles. The number of methoxy groups -OCH3 is 2. The summed E-state index contributed by atoms with van der Waals surface area (Å²) in [4.78, 5) is 39.5. The fourth-order valence-electron chi connectivity index (χ4n) is 8.51. The fraction of sp³-hybridized carbons (Fsp3) is 0.579. The number of nitrogens with one attached hydrogen (secondary N) is 1. The van der Waals surface area contributed by atoms with E-state index in [9.17, 15) is 9.59 Å². The Morgan fingerprint density at radius 3 is 2.36 bits per heavy atom. The highest BCUT2D eigenvalue weighted by Crippen LogP contribution is 2.58. The number of thiazole rings is 1. The Morgan fingerprint density at radius 2 is 1.70 bits per heavy atom. The molecule has 2 bridgehead atoms. The van der Waals surface area contributed by atoms with E-state index >= 15 is 0 Å². The highest BCUT2D eigenvalue weighted by Gasteiger charge is 2.51. The number of pyridine rings is 1. The van der Waals surface area contributed by atoms with Gasteiger partial charge in [-0.3, -0.25) is 14.5 Å². The van der Waals surface area contributed by atoms with E-state index in [-0.39, 0.29) is 41.2 Å². The smallest absolute Gasteiger partial charge is 0.246 e. The molecule has 0 unspecified atom stereocenters. The average Bonchev–Trinajstić information content (AvgIpc) is 3.84. The molecule has 2 aromatic heterocycles. The Labute approximate surface area is 282 Å². The lowest BCUT2D eigenvalue weighted by Crippen LogP contribution is -2.52. The molecule has 47 heavy (non-hydrogen) atoms. The van der Waals surface area contributed by atoms with E-state index in [2.05, 4.69) is 47.5 Å². The number of hydrogen-bond acceptors (Lipinski definition) is 7. The summed E-state index contributed by atoms with van der Waals surface area (Å²) < 4.78 is 10.5. The minimum Gasteiger partial charge on any atom is -0.496 e. The van der Waals surface area contributed by atoms with Crippen LogP contribution in [0.4, 0.5) is 5.82 Å². The molecule has 8 rings (SSSR count). The normalized spacial score (nSPS) is 27.0. The molecule has 5 fully saturated rings. The van der Waals surface area contributed by atoms with Gasteiger partial charge in [0.1, 0.15) is 18.2 Å².